The second kappa shape index (κ2) is 8.48. The van der Waals surface area contributed by atoms with Crippen LogP contribution in [0.5, 0.6) is 0 Å². The van der Waals surface area contributed by atoms with Gasteiger partial charge in [0.05, 0.1) is 12.3 Å². The summed E-state index contributed by atoms with van der Waals surface area (Å²) in [5, 5.41) is 3.26. The average Bonchev–Trinajstić information content (AvgIpc) is 3.06. The molecule has 192 valence electrons. The summed E-state index contributed by atoms with van der Waals surface area (Å²) in [5.74, 6) is -1.40. The van der Waals surface area contributed by atoms with Crippen molar-refractivity contribution in [3.05, 3.63) is 80.8 Å². The standard InChI is InChI=1S/C29H30ClN3O4/c1-6-37-26(35)24-25(31)33(20-11-15(2)7-8-16(20)3)21-13-28(4,5)14-22(34)23(21)29(24)18-12-17(30)9-10-19(18)32-27(29)36/h7-12H,6,13-14,31H2,1-5H3,(H,32,36). The number of hydrogen-bond donors (Lipinski definition) is 2. The molecule has 2 heterocycles. The van der Waals surface area contributed by atoms with Gasteiger partial charge < -0.3 is 15.8 Å². The molecule has 2 aromatic rings. The van der Waals surface area contributed by atoms with Crippen LogP contribution >= 0.6 is 11.6 Å². The number of nitrogens with two attached hydrogens (primary N) is 1. The quantitative estimate of drug-likeness (QED) is 0.551. The number of ether oxygens (including phenoxy) is 1. The van der Waals surface area contributed by atoms with Gasteiger partial charge in [0.25, 0.3) is 0 Å². The number of aryl methyl sites for hydroxylation is 2. The maximum absolute atomic E-state index is 14.1. The zero-order valence-electron chi connectivity index (χ0n) is 21.6. The fourth-order valence-corrected chi connectivity index (χ4v) is 6.12. The van der Waals surface area contributed by atoms with Gasteiger partial charge in [-0.15, -0.1) is 0 Å². The summed E-state index contributed by atoms with van der Waals surface area (Å²) in [7, 11) is 0. The van der Waals surface area contributed by atoms with Crippen LogP contribution in [0.4, 0.5) is 11.4 Å². The summed E-state index contributed by atoms with van der Waals surface area (Å²) in [6.45, 7) is 9.71. The van der Waals surface area contributed by atoms with Gasteiger partial charge in [0.15, 0.2) is 5.78 Å². The first-order chi connectivity index (χ1) is 17.4. The third-order valence-corrected chi connectivity index (χ3v) is 7.66. The lowest BCUT2D eigenvalue weighted by Gasteiger charge is -2.47. The smallest absolute Gasteiger partial charge is 0.339 e. The molecule has 5 rings (SSSR count). The number of nitrogens with one attached hydrogen (secondary N) is 1. The van der Waals surface area contributed by atoms with E-state index < -0.39 is 17.3 Å². The number of carbonyl (C=O) groups is 3. The Hall–Kier alpha value is -3.58. The van der Waals surface area contributed by atoms with Gasteiger partial charge in [-0.3, -0.25) is 14.5 Å². The number of nitrogens with zero attached hydrogens (tertiary/aromatic N) is 1. The Kier molecular flexibility index (Phi) is 5.75. The Bertz CT molecular complexity index is 1460. The van der Waals surface area contributed by atoms with Gasteiger partial charge in [-0.25, -0.2) is 4.79 Å². The third kappa shape index (κ3) is 3.59. The highest BCUT2D eigenvalue weighted by Crippen LogP contribution is 2.58. The number of benzene rings is 2. The van der Waals surface area contributed by atoms with Crippen molar-refractivity contribution in [1.82, 2.24) is 0 Å². The van der Waals surface area contributed by atoms with Gasteiger partial charge in [0, 0.05) is 34.0 Å². The van der Waals surface area contributed by atoms with Gasteiger partial charge in [-0.2, -0.15) is 0 Å². The first kappa shape index (κ1) is 25.1. The summed E-state index contributed by atoms with van der Waals surface area (Å²) in [6, 6.07) is 10.9. The van der Waals surface area contributed by atoms with Crippen molar-refractivity contribution in [1.29, 1.82) is 0 Å². The minimum absolute atomic E-state index is 0.0689. The largest absolute Gasteiger partial charge is 0.462 e. The number of rotatable bonds is 3. The van der Waals surface area contributed by atoms with Crippen LogP contribution < -0.4 is 16.0 Å². The molecule has 0 radical (unpaired) electrons. The molecule has 1 spiro atoms. The number of carbonyl (C=O) groups excluding carboxylic acids is 3. The highest BCUT2D eigenvalue weighted by atomic mass is 35.5. The zero-order chi connectivity index (χ0) is 26.9. The molecule has 0 aromatic heterocycles. The first-order valence-electron chi connectivity index (χ1n) is 12.4. The summed E-state index contributed by atoms with van der Waals surface area (Å²) in [6.07, 6.45) is 0.691. The Morgan fingerprint density at radius 1 is 1.14 bits per heavy atom. The molecule has 7 nitrogen and oxygen atoms in total. The normalized spacial score (nSPS) is 22.3. The molecule has 1 aliphatic carbocycles. The number of fused-ring (bicyclic) bond motifs is 3. The maximum Gasteiger partial charge on any atom is 0.339 e. The molecule has 1 unspecified atom stereocenters. The molecule has 0 saturated carbocycles. The van der Waals surface area contributed by atoms with E-state index in [2.05, 4.69) is 5.32 Å². The predicted molar refractivity (Wildman–Crippen MR) is 143 cm³/mol. The second-order valence-corrected chi connectivity index (χ2v) is 11.2. The third-order valence-electron chi connectivity index (χ3n) is 7.43. The van der Waals surface area contributed by atoms with E-state index in [9.17, 15) is 14.4 Å². The lowest BCUT2D eigenvalue weighted by atomic mass is 9.60. The molecule has 0 fully saturated rings. The number of hydrogen-bond acceptors (Lipinski definition) is 6. The minimum Gasteiger partial charge on any atom is -0.462 e. The molecule has 8 heteroatoms. The number of anilines is 2. The van der Waals surface area contributed by atoms with Crippen LogP contribution in [0.25, 0.3) is 0 Å². The summed E-state index contributed by atoms with van der Waals surface area (Å²) in [4.78, 5) is 43.6. The Labute approximate surface area is 221 Å². The minimum atomic E-state index is -1.77. The number of allylic oxidation sites excluding steroid dienone is 1. The van der Waals surface area contributed by atoms with Gasteiger partial charge in [-0.1, -0.05) is 37.6 Å². The van der Waals surface area contributed by atoms with Crippen LogP contribution in [0, 0.1) is 19.3 Å². The van der Waals surface area contributed by atoms with Crippen LogP contribution in [0.1, 0.15) is 50.3 Å². The molecule has 0 saturated heterocycles. The molecular weight excluding hydrogens is 490 g/mol. The predicted octanol–water partition coefficient (Wildman–Crippen LogP) is 5.04. The van der Waals surface area contributed by atoms with Crippen molar-refractivity contribution in [2.24, 2.45) is 11.1 Å². The van der Waals surface area contributed by atoms with E-state index in [1.54, 1.807) is 30.0 Å². The van der Waals surface area contributed by atoms with Gasteiger partial charge in [-0.05, 0) is 68.0 Å². The monoisotopic (exact) mass is 519 g/mol. The Morgan fingerprint density at radius 3 is 2.57 bits per heavy atom. The SMILES string of the molecule is CCOC(=O)C1=C(N)N(c2cc(C)ccc2C)C2=C(C(=O)CC(C)(C)C2)C12C(=O)Nc1ccc(Cl)cc12. The number of esters is 1. The van der Waals surface area contributed by atoms with Gasteiger partial charge in [0.2, 0.25) is 5.91 Å². The van der Waals surface area contributed by atoms with E-state index in [1.807, 2.05) is 45.9 Å². The molecule has 37 heavy (non-hydrogen) atoms. The van der Waals surface area contributed by atoms with Crippen molar-refractivity contribution >= 4 is 40.6 Å². The highest BCUT2D eigenvalue weighted by molar-refractivity contribution is 6.31. The summed E-state index contributed by atoms with van der Waals surface area (Å²) >= 11 is 6.40. The van der Waals surface area contributed by atoms with Gasteiger partial charge >= 0.3 is 5.97 Å². The zero-order valence-corrected chi connectivity index (χ0v) is 22.4. The fourth-order valence-electron chi connectivity index (χ4n) is 5.95. The summed E-state index contributed by atoms with van der Waals surface area (Å²) in [5.41, 5.74) is 9.10. The van der Waals surface area contributed by atoms with Crippen LogP contribution in [0.2, 0.25) is 5.02 Å². The first-order valence-corrected chi connectivity index (χ1v) is 12.7. The van der Waals surface area contributed by atoms with E-state index in [4.69, 9.17) is 22.1 Å². The summed E-state index contributed by atoms with van der Waals surface area (Å²) < 4.78 is 5.48. The van der Waals surface area contributed by atoms with E-state index in [1.165, 1.54) is 0 Å². The van der Waals surface area contributed by atoms with E-state index in [-0.39, 0.29) is 41.2 Å². The lowest BCUT2D eigenvalue weighted by Crippen LogP contribution is -2.54. The van der Waals surface area contributed by atoms with Crippen LogP contribution in [-0.4, -0.2) is 24.3 Å². The second-order valence-electron chi connectivity index (χ2n) is 10.8. The van der Waals surface area contributed by atoms with Crippen LogP contribution in [-0.2, 0) is 24.5 Å². The van der Waals surface area contributed by atoms with Crippen LogP contribution in [0.15, 0.2) is 59.1 Å². The molecule has 0 bridgehead atoms. The number of ketones is 1. The average molecular weight is 520 g/mol. The van der Waals surface area contributed by atoms with E-state index >= 15 is 0 Å². The van der Waals surface area contributed by atoms with Crippen molar-refractivity contribution in [2.75, 3.05) is 16.8 Å². The Morgan fingerprint density at radius 2 is 1.86 bits per heavy atom. The van der Waals surface area contributed by atoms with Crippen molar-refractivity contribution in [3.63, 3.8) is 0 Å². The van der Waals surface area contributed by atoms with Crippen molar-refractivity contribution < 1.29 is 19.1 Å². The lowest BCUT2D eigenvalue weighted by molar-refractivity contribution is -0.140. The fraction of sp³-hybridized carbons (Fsp3) is 0.345. The molecule has 1 atom stereocenters. The van der Waals surface area contributed by atoms with E-state index in [0.29, 0.717) is 28.4 Å². The van der Waals surface area contributed by atoms with Crippen LogP contribution in [0.3, 0.4) is 0 Å². The number of halogens is 1. The van der Waals surface area contributed by atoms with Crippen molar-refractivity contribution in [2.45, 2.75) is 52.9 Å². The number of Topliss-reactive ketones (excluding diaryl/α,β-unsaturated/α-hetero) is 1. The Balaban J connectivity index is 1.95. The number of amides is 1. The molecule has 3 aliphatic rings. The molecule has 3 N–H and O–H groups in total. The molecule has 1 amide bonds. The molecule has 2 aliphatic heterocycles. The highest BCUT2D eigenvalue weighted by Gasteiger charge is 2.63. The van der Waals surface area contributed by atoms with Gasteiger partial charge in [0.1, 0.15) is 16.8 Å². The van der Waals surface area contributed by atoms with E-state index in [0.717, 1.165) is 16.8 Å². The van der Waals surface area contributed by atoms with Crippen molar-refractivity contribution in [3.8, 4) is 0 Å². The maximum atomic E-state index is 14.1. The molecular formula is C29H30ClN3O4. The molecule has 2 aromatic carbocycles. The topological polar surface area (TPSA) is 102 Å².